The first-order valence-corrected chi connectivity index (χ1v) is 6.63. The molecule has 1 saturated heterocycles. The first-order valence-electron chi connectivity index (χ1n) is 6.63. The minimum absolute atomic E-state index is 0.243. The number of likely N-dealkylation sites (tertiary alicyclic amines) is 1. The van der Waals surface area contributed by atoms with Crippen molar-refractivity contribution in [3.05, 3.63) is 29.8 Å². The quantitative estimate of drug-likeness (QED) is 0.821. The van der Waals surface area contributed by atoms with Gasteiger partial charge in [0.05, 0.1) is 13.5 Å². The van der Waals surface area contributed by atoms with Crippen LogP contribution in [0.2, 0.25) is 0 Å². The summed E-state index contributed by atoms with van der Waals surface area (Å²) in [5.74, 6) is 1.07. The van der Waals surface area contributed by atoms with Crippen LogP contribution in [-0.2, 0) is 11.2 Å². The fourth-order valence-corrected chi connectivity index (χ4v) is 2.49. The lowest BCUT2D eigenvalue weighted by molar-refractivity contribution is -0.133. The molecule has 0 radical (unpaired) electrons. The standard InChI is InChI=1S/C15H21NO2/c1-12-5-3-4-10-16(12)15(17)11-13-6-8-14(18-2)9-7-13/h6-9,12H,3-5,10-11H2,1-2H3/t12-/m1/s1. The molecule has 0 unspecified atom stereocenters. The Labute approximate surface area is 109 Å². The van der Waals surface area contributed by atoms with Gasteiger partial charge in [-0.3, -0.25) is 4.79 Å². The van der Waals surface area contributed by atoms with Crippen LogP contribution in [0.1, 0.15) is 31.7 Å². The molecule has 1 aliphatic rings. The fraction of sp³-hybridized carbons (Fsp3) is 0.533. The molecule has 0 aromatic heterocycles. The molecular weight excluding hydrogens is 226 g/mol. The molecule has 2 rings (SSSR count). The topological polar surface area (TPSA) is 29.5 Å². The number of amides is 1. The van der Waals surface area contributed by atoms with E-state index in [1.165, 1.54) is 6.42 Å². The van der Waals surface area contributed by atoms with Gasteiger partial charge in [0.25, 0.3) is 0 Å². The van der Waals surface area contributed by atoms with E-state index in [1.54, 1.807) is 7.11 Å². The summed E-state index contributed by atoms with van der Waals surface area (Å²) >= 11 is 0. The minimum atomic E-state index is 0.243. The number of ether oxygens (including phenoxy) is 1. The maximum absolute atomic E-state index is 12.2. The number of carbonyl (C=O) groups excluding carboxylic acids is 1. The van der Waals surface area contributed by atoms with Gasteiger partial charge < -0.3 is 9.64 Å². The number of benzene rings is 1. The zero-order valence-corrected chi connectivity index (χ0v) is 11.2. The molecule has 1 fully saturated rings. The van der Waals surface area contributed by atoms with Gasteiger partial charge in [-0.05, 0) is 43.9 Å². The Kier molecular flexibility index (Phi) is 4.24. The molecule has 18 heavy (non-hydrogen) atoms. The molecule has 0 bridgehead atoms. The second kappa shape index (κ2) is 5.89. The highest BCUT2D eigenvalue weighted by atomic mass is 16.5. The summed E-state index contributed by atoms with van der Waals surface area (Å²) in [6, 6.07) is 8.13. The molecule has 0 saturated carbocycles. The zero-order valence-electron chi connectivity index (χ0n) is 11.2. The van der Waals surface area contributed by atoms with Crippen molar-refractivity contribution in [2.24, 2.45) is 0 Å². The number of carbonyl (C=O) groups is 1. The third kappa shape index (κ3) is 3.03. The fourth-order valence-electron chi connectivity index (χ4n) is 2.49. The first-order chi connectivity index (χ1) is 8.70. The predicted molar refractivity (Wildman–Crippen MR) is 71.7 cm³/mol. The second-order valence-corrected chi connectivity index (χ2v) is 4.96. The molecule has 1 atom stereocenters. The lowest BCUT2D eigenvalue weighted by Gasteiger charge is -2.33. The molecule has 1 aromatic carbocycles. The highest BCUT2D eigenvalue weighted by Crippen LogP contribution is 2.18. The van der Waals surface area contributed by atoms with Crippen LogP contribution in [0.3, 0.4) is 0 Å². The summed E-state index contributed by atoms with van der Waals surface area (Å²) in [6.45, 7) is 3.06. The Balaban J connectivity index is 1.97. The Morgan fingerprint density at radius 1 is 1.33 bits per heavy atom. The van der Waals surface area contributed by atoms with E-state index in [-0.39, 0.29) is 5.91 Å². The largest absolute Gasteiger partial charge is 0.497 e. The van der Waals surface area contributed by atoms with Gasteiger partial charge in [-0.2, -0.15) is 0 Å². The van der Waals surface area contributed by atoms with Crippen molar-refractivity contribution in [1.29, 1.82) is 0 Å². The molecular formula is C15H21NO2. The van der Waals surface area contributed by atoms with E-state index in [9.17, 15) is 4.79 Å². The van der Waals surface area contributed by atoms with Crippen LogP contribution >= 0.6 is 0 Å². The van der Waals surface area contributed by atoms with E-state index >= 15 is 0 Å². The Morgan fingerprint density at radius 3 is 2.67 bits per heavy atom. The smallest absolute Gasteiger partial charge is 0.227 e. The Bertz CT molecular complexity index is 399. The average Bonchev–Trinajstić information content (AvgIpc) is 2.40. The van der Waals surface area contributed by atoms with Crippen LogP contribution in [0.5, 0.6) is 5.75 Å². The zero-order chi connectivity index (χ0) is 13.0. The summed E-state index contributed by atoms with van der Waals surface area (Å²) in [5, 5.41) is 0. The lowest BCUT2D eigenvalue weighted by Crippen LogP contribution is -2.42. The SMILES string of the molecule is COc1ccc(CC(=O)N2CCCC[C@H]2C)cc1. The molecule has 0 aliphatic carbocycles. The van der Waals surface area contributed by atoms with Gasteiger partial charge in [-0.25, -0.2) is 0 Å². The second-order valence-electron chi connectivity index (χ2n) is 4.96. The van der Waals surface area contributed by atoms with Crippen LogP contribution < -0.4 is 4.74 Å². The van der Waals surface area contributed by atoms with E-state index in [2.05, 4.69) is 6.92 Å². The van der Waals surface area contributed by atoms with E-state index in [1.807, 2.05) is 29.2 Å². The molecule has 1 heterocycles. The number of nitrogens with zero attached hydrogens (tertiary/aromatic N) is 1. The highest BCUT2D eigenvalue weighted by molar-refractivity contribution is 5.79. The van der Waals surface area contributed by atoms with Crippen LogP contribution in [0.15, 0.2) is 24.3 Å². The molecule has 1 aliphatic heterocycles. The van der Waals surface area contributed by atoms with Crippen LogP contribution in [0.25, 0.3) is 0 Å². The van der Waals surface area contributed by atoms with Crippen LogP contribution in [0, 0.1) is 0 Å². The van der Waals surface area contributed by atoms with E-state index in [0.717, 1.165) is 30.7 Å². The van der Waals surface area contributed by atoms with E-state index in [4.69, 9.17) is 4.74 Å². The summed E-state index contributed by atoms with van der Waals surface area (Å²) in [4.78, 5) is 14.2. The average molecular weight is 247 g/mol. The van der Waals surface area contributed by atoms with Gasteiger partial charge >= 0.3 is 0 Å². The Hall–Kier alpha value is -1.51. The number of hydrogen-bond donors (Lipinski definition) is 0. The predicted octanol–water partition coefficient (Wildman–Crippen LogP) is 2.64. The molecule has 98 valence electrons. The number of piperidine rings is 1. The van der Waals surface area contributed by atoms with Crippen molar-refractivity contribution in [2.45, 2.75) is 38.6 Å². The number of rotatable bonds is 3. The molecule has 1 amide bonds. The maximum Gasteiger partial charge on any atom is 0.227 e. The summed E-state index contributed by atoms with van der Waals surface area (Å²) in [5.41, 5.74) is 1.05. The molecule has 1 aromatic rings. The summed E-state index contributed by atoms with van der Waals surface area (Å²) in [6.07, 6.45) is 4.01. The molecule has 3 nitrogen and oxygen atoms in total. The number of hydrogen-bond acceptors (Lipinski definition) is 2. The number of methoxy groups -OCH3 is 1. The molecule has 0 N–H and O–H groups in total. The van der Waals surface area contributed by atoms with Crippen molar-refractivity contribution in [3.63, 3.8) is 0 Å². The first kappa shape index (κ1) is 12.9. The normalized spacial score (nSPS) is 19.7. The summed E-state index contributed by atoms with van der Waals surface area (Å²) < 4.78 is 5.11. The summed E-state index contributed by atoms with van der Waals surface area (Å²) in [7, 11) is 1.65. The van der Waals surface area contributed by atoms with Crippen molar-refractivity contribution < 1.29 is 9.53 Å². The van der Waals surface area contributed by atoms with E-state index in [0.29, 0.717) is 12.5 Å². The van der Waals surface area contributed by atoms with Crippen LogP contribution in [0.4, 0.5) is 0 Å². The van der Waals surface area contributed by atoms with Crippen molar-refractivity contribution in [1.82, 2.24) is 4.90 Å². The lowest BCUT2D eigenvalue weighted by atomic mass is 10.0. The van der Waals surface area contributed by atoms with E-state index < -0.39 is 0 Å². The molecule has 0 spiro atoms. The third-order valence-corrected chi connectivity index (χ3v) is 3.64. The van der Waals surface area contributed by atoms with Crippen molar-refractivity contribution in [3.8, 4) is 5.75 Å². The van der Waals surface area contributed by atoms with Gasteiger partial charge in [0.2, 0.25) is 5.91 Å². The van der Waals surface area contributed by atoms with Gasteiger partial charge in [0.15, 0.2) is 0 Å². The van der Waals surface area contributed by atoms with Gasteiger partial charge in [-0.15, -0.1) is 0 Å². The van der Waals surface area contributed by atoms with Crippen molar-refractivity contribution >= 4 is 5.91 Å². The van der Waals surface area contributed by atoms with Crippen molar-refractivity contribution in [2.75, 3.05) is 13.7 Å². The third-order valence-electron chi connectivity index (χ3n) is 3.64. The van der Waals surface area contributed by atoms with Gasteiger partial charge in [0.1, 0.15) is 5.75 Å². The van der Waals surface area contributed by atoms with Gasteiger partial charge in [0, 0.05) is 12.6 Å². The Morgan fingerprint density at radius 2 is 2.06 bits per heavy atom. The van der Waals surface area contributed by atoms with Crippen LogP contribution in [-0.4, -0.2) is 30.5 Å². The minimum Gasteiger partial charge on any atom is -0.497 e. The van der Waals surface area contributed by atoms with Gasteiger partial charge in [-0.1, -0.05) is 12.1 Å². The monoisotopic (exact) mass is 247 g/mol. The highest BCUT2D eigenvalue weighted by Gasteiger charge is 2.22. The molecule has 3 heteroatoms. The maximum atomic E-state index is 12.2.